The number of methoxy groups -OCH3 is 1. The normalized spacial score (nSPS) is 12.6. The molecular weight excluding hydrogens is 376 g/mol. The van der Waals surface area contributed by atoms with Gasteiger partial charge in [0, 0.05) is 11.6 Å². The lowest BCUT2D eigenvalue weighted by Gasteiger charge is -2.18. The van der Waals surface area contributed by atoms with Crippen LogP contribution >= 0.6 is 11.3 Å². The Morgan fingerprint density at radius 1 is 1.22 bits per heavy atom. The highest BCUT2D eigenvalue weighted by Gasteiger charge is 2.29. The Morgan fingerprint density at radius 3 is 2.63 bits per heavy atom. The van der Waals surface area contributed by atoms with E-state index in [4.69, 9.17) is 17.4 Å². The summed E-state index contributed by atoms with van der Waals surface area (Å²) in [5.41, 5.74) is 2.06. The fraction of sp³-hybridized carbons (Fsp3) is 0.190. The van der Waals surface area contributed by atoms with Gasteiger partial charge in [-0.2, -0.15) is 4.57 Å². The molecule has 1 atom stereocenters. The first-order valence-corrected chi connectivity index (χ1v) is 9.76. The Bertz CT molecular complexity index is 935. The average Bonchev–Trinajstić information content (AvgIpc) is 3.22. The van der Waals surface area contributed by atoms with Gasteiger partial charge in [0.25, 0.3) is 0 Å². The van der Waals surface area contributed by atoms with E-state index in [-0.39, 0.29) is 5.78 Å². The first kappa shape index (κ1) is 19.2. The van der Waals surface area contributed by atoms with Gasteiger partial charge in [-0.15, -0.1) is 11.3 Å². The fourth-order valence-electron chi connectivity index (χ4n) is 2.69. The van der Waals surface area contributed by atoms with Crippen molar-refractivity contribution < 1.29 is 14.1 Å². The van der Waals surface area contributed by atoms with Crippen LogP contribution < -0.4 is 9.30 Å². The Kier molecular flexibility index (Phi) is 6.32. The molecule has 2 aromatic heterocycles. The molecule has 0 fully saturated rings. The lowest BCUT2D eigenvalue weighted by atomic mass is 10.1. The van der Waals surface area contributed by atoms with Gasteiger partial charge in [0.1, 0.15) is 5.75 Å². The summed E-state index contributed by atoms with van der Waals surface area (Å²) < 4.78 is 7.02. The highest BCUT2D eigenvalue weighted by molar-refractivity contribution is 7.77. The van der Waals surface area contributed by atoms with Crippen LogP contribution in [0.5, 0.6) is 5.75 Å². The van der Waals surface area contributed by atoms with E-state index in [1.54, 1.807) is 7.11 Å². The van der Waals surface area contributed by atoms with Crippen LogP contribution in [0.4, 0.5) is 0 Å². The molecule has 0 spiro atoms. The maximum atomic E-state index is 13.1. The predicted molar refractivity (Wildman–Crippen MR) is 111 cm³/mol. The van der Waals surface area contributed by atoms with E-state index in [0.717, 1.165) is 16.9 Å². The minimum atomic E-state index is -0.628. The number of aliphatic imine (C=N–C) groups is 1. The Morgan fingerprint density at radius 2 is 2.00 bits per heavy atom. The number of thiophene rings is 1. The Hall–Kier alpha value is -2.57. The van der Waals surface area contributed by atoms with Crippen molar-refractivity contribution in [2.45, 2.75) is 19.5 Å². The molecule has 3 rings (SSSR count). The summed E-state index contributed by atoms with van der Waals surface area (Å²) in [6, 6.07) is 14.6. The van der Waals surface area contributed by atoms with Gasteiger partial charge in [0.15, 0.2) is 12.4 Å². The second kappa shape index (κ2) is 8.88. The molecule has 1 aromatic carbocycles. The molecule has 27 heavy (non-hydrogen) atoms. The molecule has 0 saturated heterocycles. The number of rotatable bonds is 7. The third-order valence-corrected chi connectivity index (χ3v) is 5.33. The SMILES string of the molecule is COc1ccc(CN=C([S-])[C@H](C(=O)c2cccs2)[n+]2cccc(C)c2)cc1. The van der Waals surface area contributed by atoms with Crippen molar-refractivity contribution >= 4 is 34.8 Å². The van der Waals surface area contributed by atoms with Gasteiger partial charge >= 0.3 is 0 Å². The standard InChI is InChI=1S/C21H20N2O2S2/c1-15-5-3-11-23(14-15)19(20(24)18-6-4-12-27-18)21(26)22-13-16-7-9-17(25-2)10-8-16/h3-12,14,19H,13H2,1-2H3/t19-/m0/s1. The topological polar surface area (TPSA) is 42.5 Å². The number of carbonyl (C=O) groups is 1. The van der Waals surface area contributed by atoms with Gasteiger partial charge in [0.05, 0.1) is 18.5 Å². The predicted octanol–water partition coefficient (Wildman–Crippen LogP) is 3.92. The third kappa shape index (κ3) is 4.78. The molecule has 0 radical (unpaired) electrons. The van der Waals surface area contributed by atoms with E-state index < -0.39 is 6.04 Å². The molecule has 0 bridgehead atoms. The summed E-state index contributed by atoms with van der Waals surface area (Å²) in [7, 11) is 1.63. The maximum absolute atomic E-state index is 13.1. The van der Waals surface area contributed by atoms with Crippen LogP contribution in [0.3, 0.4) is 0 Å². The van der Waals surface area contributed by atoms with Crippen molar-refractivity contribution in [1.82, 2.24) is 0 Å². The van der Waals surface area contributed by atoms with E-state index in [9.17, 15) is 4.79 Å². The molecule has 2 heterocycles. The number of ether oxygens (including phenoxy) is 1. The number of hydrogen-bond acceptors (Lipinski definition) is 5. The van der Waals surface area contributed by atoms with E-state index in [1.165, 1.54) is 11.3 Å². The van der Waals surface area contributed by atoms with Gasteiger partial charge in [0.2, 0.25) is 11.8 Å². The van der Waals surface area contributed by atoms with E-state index in [1.807, 2.05) is 77.8 Å². The number of nitrogens with zero attached hydrogens (tertiary/aromatic N) is 2. The first-order chi connectivity index (χ1) is 13.1. The summed E-state index contributed by atoms with van der Waals surface area (Å²) >= 11 is 6.99. The second-order valence-corrected chi connectivity index (χ2v) is 7.44. The quantitative estimate of drug-likeness (QED) is 0.200. The smallest absolute Gasteiger partial charge is 0.244 e. The highest BCUT2D eigenvalue weighted by Crippen LogP contribution is 2.18. The third-order valence-electron chi connectivity index (χ3n) is 4.09. The molecule has 0 aliphatic heterocycles. The lowest BCUT2D eigenvalue weighted by Crippen LogP contribution is -2.47. The number of Topliss-reactive ketones (excluding diaryl/α,β-unsaturated/α-hetero) is 1. The van der Waals surface area contributed by atoms with Crippen LogP contribution in [-0.2, 0) is 19.2 Å². The van der Waals surface area contributed by atoms with Crippen LogP contribution in [0.15, 0.2) is 71.3 Å². The molecule has 6 heteroatoms. The van der Waals surface area contributed by atoms with Crippen LogP contribution in [0.25, 0.3) is 0 Å². The van der Waals surface area contributed by atoms with Crippen LogP contribution in [0.2, 0.25) is 0 Å². The molecule has 4 nitrogen and oxygen atoms in total. The van der Waals surface area contributed by atoms with Gasteiger partial charge in [-0.1, -0.05) is 18.2 Å². The summed E-state index contributed by atoms with van der Waals surface area (Å²) in [6.45, 7) is 2.41. The molecular formula is C21H20N2O2S2. The second-order valence-electron chi connectivity index (χ2n) is 6.08. The molecule has 0 N–H and O–H groups in total. The number of benzene rings is 1. The largest absolute Gasteiger partial charge is 0.758 e. The zero-order chi connectivity index (χ0) is 19.2. The number of hydrogen-bond donors (Lipinski definition) is 0. The van der Waals surface area contributed by atoms with E-state index in [2.05, 4.69) is 4.99 Å². The van der Waals surface area contributed by atoms with Crippen molar-refractivity contribution in [3.63, 3.8) is 0 Å². The van der Waals surface area contributed by atoms with E-state index in [0.29, 0.717) is 16.5 Å². The summed E-state index contributed by atoms with van der Waals surface area (Å²) in [6.07, 6.45) is 3.78. The zero-order valence-electron chi connectivity index (χ0n) is 15.2. The number of carbonyl (C=O) groups excluding carboxylic acids is 1. The monoisotopic (exact) mass is 396 g/mol. The molecule has 0 unspecified atom stereocenters. The van der Waals surface area contributed by atoms with Crippen molar-refractivity contribution in [3.05, 3.63) is 82.3 Å². The van der Waals surface area contributed by atoms with Gasteiger partial charge in [-0.25, -0.2) is 0 Å². The minimum Gasteiger partial charge on any atom is -0.758 e. The van der Waals surface area contributed by atoms with Gasteiger partial charge < -0.3 is 22.4 Å². The van der Waals surface area contributed by atoms with Crippen molar-refractivity contribution in [2.24, 2.45) is 4.99 Å². The average molecular weight is 397 g/mol. The molecule has 138 valence electrons. The highest BCUT2D eigenvalue weighted by atomic mass is 32.1. The lowest BCUT2D eigenvalue weighted by molar-refractivity contribution is -0.692. The van der Waals surface area contributed by atoms with Gasteiger partial charge in [-0.3, -0.25) is 4.79 Å². The van der Waals surface area contributed by atoms with E-state index >= 15 is 0 Å². The Labute approximate surface area is 168 Å². The molecule has 0 aliphatic carbocycles. The van der Waals surface area contributed by atoms with Crippen LogP contribution in [-0.4, -0.2) is 17.9 Å². The van der Waals surface area contributed by atoms with Gasteiger partial charge in [-0.05, 0) is 47.2 Å². The minimum absolute atomic E-state index is 0.0379. The fourth-order valence-corrected chi connectivity index (χ4v) is 3.67. The maximum Gasteiger partial charge on any atom is 0.244 e. The first-order valence-electron chi connectivity index (χ1n) is 8.48. The molecule has 0 aliphatic rings. The van der Waals surface area contributed by atoms with Crippen molar-refractivity contribution in [3.8, 4) is 5.75 Å². The van der Waals surface area contributed by atoms with Crippen molar-refractivity contribution in [1.29, 1.82) is 0 Å². The molecule has 3 aromatic rings. The number of ketones is 1. The number of aromatic nitrogens is 1. The summed E-state index contributed by atoms with van der Waals surface area (Å²) in [5, 5.41) is 2.27. The number of pyridine rings is 1. The van der Waals surface area contributed by atoms with Crippen LogP contribution in [0, 0.1) is 6.92 Å². The van der Waals surface area contributed by atoms with Crippen molar-refractivity contribution in [2.75, 3.05) is 7.11 Å². The molecule has 0 saturated carbocycles. The summed E-state index contributed by atoms with van der Waals surface area (Å²) in [4.78, 5) is 18.3. The van der Waals surface area contributed by atoms with Crippen LogP contribution in [0.1, 0.15) is 26.8 Å². The molecule has 0 amide bonds. The zero-order valence-corrected chi connectivity index (χ0v) is 16.8. The Balaban J connectivity index is 1.89. The summed E-state index contributed by atoms with van der Waals surface area (Å²) in [5.74, 6) is 0.756. The number of aryl methyl sites for hydroxylation is 1.